The summed E-state index contributed by atoms with van der Waals surface area (Å²) in [6.07, 6.45) is 5.48. The first-order valence-electron chi connectivity index (χ1n) is 8.17. The highest BCUT2D eigenvalue weighted by Crippen LogP contribution is 2.44. The van der Waals surface area contributed by atoms with E-state index in [9.17, 15) is 0 Å². The van der Waals surface area contributed by atoms with Crippen LogP contribution in [0.1, 0.15) is 38.5 Å². The van der Waals surface area contributed by atoms with Gasteiger partial charge in [-0.25, -0.2) is 0 Å². The van der Waals surface area contributed by atoms with Gasteiger partial charge in [0.1, 0.15) is 0 Å². The minimum absolute atomic E-state index is 0.123. The van der Waals surface area contributed by atoms with Crippen LogP contribution in [0, 0.1) is 0 Å². The summed E-state index contributed by atoms with van der Waals surface area (Å²) >= 11 is 0. The second kappa shape index (κ2) is 6.48. The zero-order valence-corrected chi connectivity index (χ0v) is 12.9. The van der Waals surface area contributed by atoms with Crippen molar-refractivity contribution in [1.29, 1.82) is 0 Å². The van der Waals surface area contributed by atoms with Crippen molar-refractivity contribution in [2.45, 2.75) is 62.3 Å². The lowest BCUT2D eigenvalue weighted by atomic mass is 9.87. The summed E-state index contributed by atoms with van der Waals surface area (Å²) in [6, 6.07) is 0. The predicted molar refractivity (Wildman–Crippen MR) is 77.8 cm³/mol. The molecule has 2 aliphatic heterocycles. The van der Waals surface area contributed by atoms with Gasteiger partial charge < -0.3 is 30.0 Å². The Labute approximate surface area is 126 Å². The van der Waals surface area contributed by atoms with Gasteiger partial charge in [0.2, 0.25) is 0 Å². The Balaban J connectivity index is 1.59. The molecule has 122 valence electrons. The molecule has 21 heavy (non-hydrogen) atoms. The van der Waals surface area contributed by atoms with Gasteiger partial charge in [-0.05, 0) is 19.9 Å². The highest BCUT2D eigenvalue weighted by atomic mass is 16.7. The van der Waals surface area contributed by atoms with E-state index in [2.05, 4.69) is 5.32 Å². The highest BCUT2D eigenvalue weighted by molar-refractivity contribution is 4.90. The van der Waals surface area contributed by atoms with Crippen LogP contribution in [0.4, 0.5) is 0 Å². The van der Waals surface area contributed by atoms with Gasteiger partial charge in [-0.2, -0.15) is 0 Å². The maximum absolute atomic E-state index is 6.22. The van der Waals surface area contributed by atoms with E-state index in [1.807, 2.05) is 7.05 Å². The van der Waals surface area contributed by atoms with Crippen molar-refractivity contribution in [2.75, 3.05) is 33.4 Å². The number of hydrogen-bond donors (Lipinski definition) is 2. The van der Waals surface area contributed by atoms with Gasteiger partial charge in [-0.1, -0.05) is 0 Å². The number of nitrogens with two attached hydrogens (primary N) is 1. The van der Waals surface area contributed by atoms with E-state index in [-0.39, 0.29) is 12.2 Å². The lowest BCUT2D eigenvalue weighted by Crippen LogP contribution is -2.56. The van der Waals surface area contributed by atoms with Crippen molar-refractivity contribution in [2.24, 2.45) is 5.73 Å². The highest BCUT2D eigenvalue weighted by Gasteiger charge is 2.50. The van der Waals surface area contributed by atoms with Crippen molar-refractivity contribution in [1.82, 2.24) is 5.32 Å². The van der Waals surface area contributed by atoms with E-state index in [1.54, 1.807) is 0 Å². The zero-order chi connectivity index (χ0) is 14.8. The smallest absolute Gasteiger partial charge is 0.169 e. The minimum Gasteiger partial charge on any atom is -0.350 e. The summed E-state index contributed by atoms with van der Waals surface area (Å²) in [5.74, 6) is -0.899. The molecule has 2 atom stereocenters. The van der Waals surface area contributed by atoms with E-state index < -0.39 is 11.6 Å². The first-order chi connectivity index (χ1) is 10.2. The van der Waals surface area contributed by atoms with Crippen LogP contribution in [0.25, 0.3) is 0 Å². The third kappa shape index (κ3) is 3.41. The maximum atomic E-state index is 6.22. The standard InChI is InChI=1S/C15H28N2O4/c1-17-11-13-3-9-19-15(21-13)6-4-14(5-7-15)18-8-2-12(10-16)20-14/h12-13,17H,2-11,16H2,1H3. The van der Waals surface area contributed by atoms with Crippen LogP contribution >= 0.6 is 0 Å². The van der Waals surface area contributed by atoms with Crippen molar-refractivity contribution in [3.63, 3.8) is 0 Å². The molecule has 0 aromatic rings. The van der Waals surface area contributed by atoms with Crippen LogP contribution in [0.5, 0.6) is 0 Å². The molecule has 2 heterocycles. The molecule has 3 fully saturated rings. The molecule has 2 unspecified atom stereocenters. The molecule has 3 rings (SSSR count). The van der Waals surface area contributed by atoms with Gasteiger partial charge in [-0.15, -0.1) is 0 Å². The predicted octanol–water partition coefficient (Wildman–Crippen LogP) is 0.742. The Kier molecular flexibility index (Phi) is 4.83. The van der Waals surface area contributed by atoms with Gasteiger partial charge in [-0.3, -0.25) is 0 Å². The molecular weight excluding hydrogens is 272 g/mol. The molecule has 1 aliphatic carbocycles. The fourth-order valence-electron chi connectivity index (χ4n) is 3.62. The van der Waals surface area contributed by atoms with Crippen molar-refractivity contribution >= 4 is 0 Å². The molecule has 0 radical (unpaired) electrons. The second-order valence-electron chi connectivity index (χ2n) is 6.37. The van der Waals surface area contributed by atoms with E-state index in [1.165, 1.54) is 0 Å². The number of likely N-dealkylation sites (N-methyl/N-ethyl adjacent to an activating group) is 1. The molecule has 0 aromatic carbocycles. The topological polar surface area (TPSA) is 75.0 Å². The molecule has 6 heteroatoms. The van der Waals surface area contributed by atoms with Gasteiger partial charge in [0.15, 0.2) is 11.6 Å². The number of rotatable bonds is 3. The summed E-state index contributed by atoms with van der Waals surface area (Å²) < 4.78 is 24.3. The van der Waals surface area contributed by atoms with Gasteiger partial charge in [0, 0.05) is 38.8 Å². The molecule has 0 aromatic heterocycles. The average Bonchev–Trinajstić information content (AvgIpc) is 2.52. The molecule has 0 bridgehead atoms. The third-order valence-electron chi connectivity index (χ3n) is 4.84. The summed E-state index contributed by atoms with van der Waals surface area (Å²) in [5, 5.41) is 3.19. The van der Waals surface area contributed by atoms with E-state index >= 15 is 0 Å². The van der Waals surface area contributed by atoms with Gasteiger partial charge in [0.25, 0.3) is 0 Å². The SMILES string of the molecule is CNCC1CCOC2(CCC3(CC2)OCCC(CN)O3)O1. The minimum atomic E-state index is -0.462. The monoisotopic (exact) mass is 300 g/mol. The number of ether oxygens (including phenoxy) is 4. The number of nitrogens with one attached hydrogen (secondary N) is 1. The molecule has 3 aliphatic rings. The Morgan fingerprint density at radius 2 is 1.48 bits per heavy atom. The molecule has 2 saturated heterocycles. The molecular formula is C15H28N2O4. The first-order valence-corrected chi connectivity index (χ1v) is 8.17. The Hall–Kier alpha value is -0.240. The van der Waals surface area contributed by atoms with E-state index in [0.29, 0.717) is 6.54 Å². The Morgan fingerprint density at radius 3 is 2.00 bits per heavy atom. The molecule has 3 N–H and O–H groups in total. The van der Waals surface area contributed by atoms with Crippen LogP contribution in [-0.2, 0) is 18.9 Å². The molecule has 0 amide bonds. The Morgan fingerprint density at radius 1 is 0.952 bits per heavy atom. The quantitative estimate of drug-likeness (QED) is 0.801. The number of hydrogen-bond acceptors (Lipinski definition) is 6. The lowest BCUT2D eigenvalue weighted by Gasteiger charge is -2.50. The summed E-state index contributed by atoms with van der Waals surface area (Å²) in [7, 11) is 1.96. The maximum Gasteiger partial charge on any atom is 0.169 e. The van der Waals surface area contributed by atoms with Crippen LogP contribution in [0.2, 0.25) is 0 Å². The normalized spacial score (nSPS) is 44.3. The summed E-state index contributed by atoms with van der Waals surface area (Å²) in [6.45, 7) is 2.94. The lowest BCUT2D eigenvalue weighted by molar-refractivity contribution is -0.359. The summed E-state index contributed by atoms with van der Waals surface area (Å²) in [5.41, 5.74) is 5.74. The Bertz CT molecular complexity index is 343. The summed E-state index contributed by atoms with van der Waals surface area (Å²) in [4.78, 5) is 0. The third-order valence-corrected chi connectivity index (χ3v) is 4.84. The van der Waals surface area contributed by atoms with Gasteiger partial charge >= 0.3 is 0 Å². The van der Waals surface area contributed by atoms with E-state index in [0.717, 1.165) is 58.3 Å². The fraction of sp³-hybridized carbons (Fsp3) is 1.00. The largest absolute Gasteiger partial charge is 0.350 e. The van der Waals surface area contributed by atoms with Crippen LogP contribution in [0.3, 0.4) is 0 Å². The van der Waals surface area contributed by atoms with Crippen LogP contribution in [0.15, 0.2) is 0 Å². The van der Waals surface area contributed by atoms with Crippen molar-refractivity contribution in [3.8, 4) is 0 Å². The van der Waals surface area contributed by atoms with E-state index in [4.69, 9.17) is 24.7 Å². The zero-order valence-electron chi connectivity index (χ0n) is 12.9. The molecule has 6 nitrogen and oxygen atoms in total. The van der Waals surface area contributed by atoms with Crippen LogP contribution < -0.4 is 11.1 Å². The second-order valence-corrected chi connectivity index (χ2v) is 6.37. The average molecular weight is 300 g/mol. The van der Waals surface area contributed by atoms with Crippen LogP contribution in [-0.4, -0.2) is 57.1 Å². The molecule has 1 saturated carbocycles. The van der Waals surface area contributed by atoms with Gasteiger partial charge in [0.05, 0.1) is 25.4 Å². The molecule has 2 spiro atoms. The van der Waals surface area contributed by atoms with Crippen molar-refractivity contribution < 1.29 is 18.9 Å². The fourth-order valence-corrected chi connectivity index (χ4v) is 3.62. The van der Waals surface area contributed by atoms with Crippen molar-refractivity contribution in [3.05, 3.63) is 0 Å². The first kappa shape index (κ1) is 15.6.